The summed E-state index contributed by atoms with van der Waals surface area (Å²) < 4.78 is 4.22. The predicted octanol–water partition coefficient (Wildman–Crippen LogP) is 1.89. The fourth-order valence-electron chi connectivity index (χ4n) is 0.447. The van der Waals surface area contributed by atoms with Crippen molar-refractivity contribution in [1.82, 2.24) is 0 Å². The van der Waals surface area contributed by atoms with E-state index in [0.29, 0.717) is 5.92 Å². The number of hydrogen-bond donors (Lipinski definition) is 1. The van der Waals surface area contributed by atoms with Crippen molar-refractivity contribution in [3.63, 3.8) is 0 Å². The van der Waals surface area contributed by atoms with Crippen LogP contribution >= 0.6 is 0 Å². The van der Waals surface area contributed by atoms with E-state index in [-0.39, 0.29) is 6.61 Å². The molecule has 0 saturated carbocycles. The van der Waals surface area contributed by atoms with Gasteiger partial charge in [-0.3, -0.25) is 0 Å². The van der Waals surface area contributed by atoms with Crippen LogP contribution in [0.4, 0.5) is 4.79 Å². The molecule has 0 spiro atoms. The number of rotatable bonds is 3. The molecule has 0 rings (SSSR count). The molecule has 3 heteroatoms. The van der Waals surface area contributed by atoms with Crippen LogP contribution in [0.25, 0.3) is 0 Å². The SMILES string of the molecule is CC(C)/C=C/COC(=O)O. The van der Waals surface area contributed by atoms with E-state index in [0.717, 1.165) is 0 Å². The van der Waals surface area contributed by atoms with Crippen LogP contribution in [0.2, 0.25) is 0 Å². The molecule has 0 aliphatic carbocycles. The molecule has 0 fully saturated rings. The molecule has 0 atom stereocenters. The van der Waals surface area contributed by atoms with E-state index in [4.69, 9.17) is 5.11 Å². The van der Waals surface area contributed by atoms with Crippen molar-refractivity contribution < 1.29 is 14.6 Å². The van der Waals surface area contributed by atoms with Crippen molar-refractivity contribution in [3.05, 3.63) is 12.2 Å². The summed E-state index contributed by atoms with van der Waals surface area (Å²) >= 11 is 0. The zero-order chi connectivity index (χ0) is 7.98. The van der Waals surface area contributed by atoms with Gasteiger partial charge >= 0.3 is 6.16 Å². The predicted molar refractivity (Wildman–Crippen MR) is 38.0 cm³/mol. The van der Waals surface area contributed by atoms with Crippen molar-refractivity contribution in [2.75, 3.05) is 6.61 Å². The Morgan fingerprint density at radius 3 is 2.70 bits per heavy atom. The lowest BCUT2D eigenvalue weighted by Gasteiger charge is -1.94. The molecule has 0 heterocycles. The first-order valence-corrected chi connectivity index (χ1v) is 3.15. The van der Waals surface area contributed by atoms with E-state index in [1.54, 1.807) is 6.08 Å². The van der Waals surface area contributed by atoms with Crippen molar-refractivity contribution in [2.24, 2.45) is 5.92 Å². The lowest BCUT2D eigenvalue weighted by molar-refractivity contribution is 0.102. The molecule has 0 amide bonds. The largest absolute Gasteiger partial charge is 0.506 e. The van der Waals surface area contributed by atoms with Gasteiger partial charge in [-0.2, -0.15) is 0 Å². The van der Waals surface area contributed by atoms with Gasteiger partial charge in [-0.15, -0.1) is 0 Å². The summed E-state index contributed by atoms with van der Waals surface area (Å²) in [4.78, 5) is 9.79. The molecule has 58 valence electrons. The highest BCUT2D eigenvalue weighted by molar-refractivity contribution is 5.56. The van der Waals surface area contributed by atoms with Gasteiger partial charge in [0.05, 0.1) is 0 Å². The van der Waals surface area contributed by atoms with Crippen LogP contribution < -0.4 is 0 Å². The van der Waals surface area contributed by atoms with Crippen LogP contribution in [-0.4, -0.2) is 17.9 Å². The molecule has 10 heavy (non-hydrogen) atoms. The fraction of sp³-hybridized carbons (Fsp3) is 0.571. The van der Waals surface area contributed by atoms with Gasteiger partial charge < -0.3 is 9.84 Å². The molecule has 0 aromatic heterocycles. The molecule has 0 bridgehead atoms. The van der Waals surface area contributed by atoms with Crippen LogP contribution in [0.5, 0.6) is 0 Å². The van der Waals surface area contributed by atoms with Crippen molar-refractivity contribution in [2.45, 2.75) is 13.8 Å². The van der Waals surface area contributed by atoms with E-state index < -0.39 is 6.16 Å². The van der Waals surface area contributed by atoms with Gasteiger partial charge in [-0.25, -0.2) is 4.79 Å². The summed E-state index contributed by atoms with van der Waals surface area (Å²) in [5.74, 6) is 0.442. The Morgan fingerprint density at radius 1 is 1.70 bits per heavy atom. The lowest BCUT2D eigenvalue weighted by Crippen LogP contribution is -1.99. The summed E-state index contributed by atoms with van der Waals surface area (Å²) in [6.45, 7) is 4.17. The molecule has 0 radical (unpaired) electrons. The van der Waals surface area contributed by atoms with Crippen molar-refractivity contribution in [3.8, 4) is 0 Å². The first-order valence-electron chi connectivity index (χ1n) is 3.15. The number of carboxylic acid groups (broad SMARTS) is 1. The van der Waals surface area contributed by atoms with Crippen molar-refractivity contribution >= 4 is 6.16 Å². The molecule has 0 aliphatic rings. The number of allylic oxidation sites excluding steroid dienone is 1. The second-order valence-corrected chi connectivity index (χ2v) is 2.25. The molecular formula is C7H12O3. The zero-order valence-corrected chi connectivity index (χ0v) is 6.20. The Kier molecular flexibility index (Phi) is 4.37. The number of hydrogen-bond acceptors (Lipinski definition) is 2. The van der Waals surface area contributed by atoms with Crippen LogP contribution in [0.15, 0.2) is 12.2 Å². The Morgan fingerprint density at radius 2 is 2.30 bits per heavy atom. The highest BCUT2D eigenvalue weighted by Crippen LogP contribution is 1.92. The van der Waals surface area contributed by atoms with E-state index in [1.165, 1.54) is 0 Å². The number of ether oxygens (including phenoxy) is 1. The highest BCUT2D eigenvalue weighted by atomic mass is 16.7. The van der Waals surface area contributed by atoms with E-state index in [2.05, 4.69) is 4.74 Å². The molecule has 0 aliphatic heterocycles. The van der Waals surface area contributed by atoms with Gasteiger partial charge in [0.2, 0.25) is 0 Å². The number of carbonyl (C=O) groups is 1. The minimum Gasteiger partial charge on any atom is -0.450 e. The minimum absolute atomic E-state index is 0.146. The van der Waals surface area contributed by atoms with Crippen LogP contribution in [0.3, 0.4) is 0 Å². The molecule has 0 saturated heterocycles. The van der Waals surface area contributed by atoms with E-state index >= 15 is 0 Å². The second kappa shape index (κ2) is 4.85. The van der Waals surface area contributed by atoms with Gasteiger partial charge in [-0.05, 0) is 5.92 Å². The van der Waals surface area contributed by atoms with Crippen LogP contribution in [0, 0.1) is 5.92 Å². The van der Waals surface area contributed by atoms with Crippen LogP contribution in [-0.2, 0) is 4.74 Å². The normalized spacial score (nSPS) is 10.7. The standard InChI is InChI=1S/C7H12O3/c1-6(2)4-3-5-10-7(8)9/h3-4,6H,5H2,1-2H3,(H,8,9)/b4-3+. The van der Waals surface area contributed by atoms with Crippen molar-refractivity contribution in [1.29, 1.82) is 0 Å². The van der Waals surface area contributed by atoms with E-state index in [9.17, 15) is 4.79 Å². The first kappa shape index (κ1) is 9.01. The topological polar surface area (TPSA) is 46.5 Å². The Labute approximate surface area is 60.3 Å². The van der Waals surface area contributed by atoms with Gasteiger partial charge in [0, 0.05) is 0 Å². The third-order valence-corrected chi connectivity index (χ3v) is 0.824. The molecule has 3 nitrogen and oxygen atoms in total. The average Bonchev–Trinajstić information content (AvgIpc) is 1.79. The Bertz CT molecular complexity index is 127. The Balaban J connectivity index is 3.27. The van der Waals surface area contributed by atoms with Gasteiger partial charge in [0.15, 0.2) is 0 Å². The smallest absolute Gasteiger partial charge is 0.450 e. The molecular weight excluding hydrogens is 132 g/mol. The maximum atomic E-state index is 9.79. The molecule has 0 unspecified atom stereocenters. The zero-order valence-electron chi connectivity index (χ0n) is 6.20. The lowest BCUT2D eigenvalue weighted by atomic mass is 10.2. The summed E-state index contributed by atoms with van der Waals surface area (Å²) in [5, 5.41) is 8.02. The van der Waals surface area contributed by atoms with Gasteiger partial charge in [-0.1, -0.05) is 26.0 Å². The summed E-state index contributed by atoms with van der Waals surface area (Å²) in [7, 11) is 0. The van der Waals surface area contributed by atoms with E-state index in [1.807, 2.05) is 19.9 Å². The Hall–Kier alpha value is -0.990. The first-order chi connectivity index (χ1) is 4.63. The van der Waals surface area contributed by atoms with Crippen LogP contribution in [0.1, 0.15) is 13.8 Å². The quantitative estimate of drug-likeness (QED) is 0.486. The van der Waals surface area contributed by atoms with Gasteiger partial charge in [0.1, 0.15) is 6.61 Å². The third-order valence-electron chi connectivity index (χ3n) is 0.824. The monoisotopic (exact) mass is 144 g/mol. The third kappa shape index (κ3) is 7.01. The maximum absolute atomic E-state index is 9.79. The molecule has 1 N–H and O–H groups in total. The molecule has 0 aromatic rings. The summed E-state index contributed by atoms with van der Waals surface area (Å²) in [5.41, 5.74) is 0. The second-order valence-electron chi connectivity index (χ2n) is 2.25. The average molecular weight is 144 g/mol. The van der Waals surface area contributed by atoms with Gasteiger partial charge in [0.25, 0.3) is 0 Å². The highest BCUT2D eigenvalue weighted by Gasteiger charge is 1.90. The minimum atomic E-state index is -1.23. The fourth-order valence-corrected chi connectivity index (χ4v) is 0.447. The summed E-state index contributed by atoms with van der Waals surface area (Å²) in [6, 6.07) is 0. The maximum Gasteiger partial charge on any atom is 0.506 e. The summed E-state index contributed by atoms with van der Waals surface area (Å²) in [6.07, 6.45) is 2.36. The molecule has 0 aromatic carbocycles.